The van der Waals surface area contributed by atoms with E-state index in [9.17, 15) is 14.0 Å². The van der Waals surface area contributed by atoms with Gasteiger partial charge in [-0.05, 0) is 17.5 Å². The lowest BCUT2D eigenvalue weighted by atomic mass is 10.4. The van der Waals surface area contributed by atoms with Gasteiger partial charge in [-0.25, -0.2) is 4.39 Å². The lowest BCUT2D eigenvalue weighted by Crippen LogP contribution is -2.33. The van der Waals surface area contributed by atoms with Crippen molar-refractivity contribution in [2.75, 3.05) is 7.05 Å². The molecule has 0 radical (unpaired) electrons. The van der Waals surface area contributed by atoms with Crippen LogP contribution in [-0.4, -0.2) is 22.4 Å². The zero-order chi connectivity index (χ0) is 13.8. The Morgan fingerprint density at radius 3 is 2.89 bits per heavy atom. The van der Waals surface area contributed by atoms with E-state index in [1.165, 1.54) is 4.90 Å². The summed E-state index contributed by atoms with van der Waals surface area (Å²) in [6.45, 7) is 0.332. The maximum Gasteiger partial charge on any atom is 0.251 e. The van der Waals surface area contributed by atoms with Crippen LogP contribution >= 0.6 is 11.3 Å². The Morgan fingerprint density at radius 1 is 1.42 bits per heavy atom. The van der Waals surface area contributed by atoms with E-state index in [0.29, 0.717) is 6.54 Å². The summed E-state index contributed by atoms with van der Waals surface area (Å²) in [5, 5.41) is 1.94. The van der Waals surface area contributed by atoms with Gasteiger partial charge >= 0.3 is 0 Å². The van der Waals surface area contributed by atoms with Crippen LogP contribution in [-0.2, 0) is 17.9 Å². The molecule has 2 aromatic rings. The first kappa shape index (κ1) is 13.5. The first-order chi connectivity index (χ1) is 9.06. The molecule has 2 aromatic heterocycles. The van der Waals surface area contributed by atoms with Crippen LogP contribution in [0.2, 0.25) is 0 Å². The number of halogens is 1. The second kappa shape index (κ2) is 5.79. The monoisotopic (exact) mass is 280 g/mol. The number of thiophene rings is 1. The van der Waals surface area contributed by atoms with Gasteiger partial charge in [-0.3, -0.25) is 9.59 Å². The van der Waals surface area contributed by atoms with Crippen LogP contribution in [0.25, 0.3) is 0 Å². The Bertz CT molecular complexity index is 622. The Balaban J connectivity index is 2.04. The van der Waals surface area contributed by atoms with Crippen molar-refractivity contribution < 1.29 is 9.18 Å². The second-order valence-electron chi connectivity index (χ2n) is 4.14. The van der Waals surface area contributed by atoms with Gasteiger partial charge in [0.25, 0.3) is 5.56 Å². The van der Waals surface area contributed by atoms with Crippen LogP contribution in [0.4, 0.5) is 4.39 Å². The minimum Gasteiger partial charge on any atom is -0.339 e. The molecule has 0 aromatic carbocycles. The molecule has 0 aliphatic rings. The molecule has 0 atom stereocenters. The number of carbonyl (C=O) groups excluding carboxylic acids is 1. The van der Waals surface area contributed by atoms with Crippen LogP contribution in [0.5, 0.6) is 0 Å². The molecule has 0 aliphatic carbocycles. The second-order valence-corrected chi connectivity index (χ2v) is 5.17. The number of aromatic nitrogens is 1. The smallest absolute Gasteiger partial charge is 0.251 e. The minimum absolute atomic E-state index is 0.154. The van der Waals surface area contributed by atoms with Crippen molar-refractivity contribution in [1.82, 2.24) is 9.47 Å². The predicted molar refractivity (Wildman–Crippen MR) is 71.5 cm³/mol. The third kappa shape index (κ3) is 3.51. The predicted octanol–water partition coefficient (Wildman–Crippen LogP) is 1.71. The highest BCUT2D eigenvalue weighted by atomic mass is 32.1. The molecule has 100 valence electrons. The van der Waals surface area contributed by atoms with Crippen LogP contribution in [0.15, 0.2) is 40.6 Å². The fourth-order valence-corrected chi connectivity index (χ4v) is 2.37. The van der Waals surface area contributed by atoms with E-state index >= 15 is 0 Å². The number of hydrogen-bond acceptors (Lipinski definition) is 3. The maximum atomic E-state index is 13.0. The first-order valence-electron chi connectivity index (χ1n) is 5.68. The number of nitrogens with zero attached hydrogens (tertiary/aromatic N) is 2. The molecule has 0 aliphatic heterocycles. The standard InChI is InChI=1S/C13H13FN2O2S/c1-15(8-11-3-2-6-19-11)13(18)9-16-7-10(14)4-5-12(16)17/h2-7H,8-9H2,1H3. The molecule has 0 fully saturated rings. The Morgan fingerprint density at radius 2 is 2.21 bits per heavy atom. The van der Waals surface area contributed by atoms with Gasteiger partial charge in [0.2, 0.25) is 5.91 Å². The number of likely N-dealkylation sites (N-methyl/N-ethyl adjacent to an activating group) is 1. The quantitative estimate of drug-likeness (QED) is 0.855. The van der Waals surface area contributed by atoms with Crippen molar-refractivity contribution in [2.24, 2.45) is 0 Å². The lowest BCUT2D eigenvalue weighted by molar-refractivity contribution is -0.131. The van der Waals surface area contributed by atoms with Crippen LogP contribution in [0, 0.1) is 5.82 Å². The third-order valence-electron chi connectivity index (χ3n) is 2.65. The van der Waals surface area contributed by atoms with Crippen molar-refractivity contribution in [2.45, 2.75) is 13.1 Å². The number of carbonyl (C=O) groups is 1. The molecule has 0 unspecified atom stereocenters. The van der Waals surface area contributed by atoms with Gasteiger partial charge in [0.15, 0.2) is 0 Å². The molecule has 0 saturated carbocycles. The molecule has 2 heterocycles. The van der Waals surface area contributed by atoms with E-state index in [2.05, 4.69) is 0 Å². The van der Waals surface area contributed by atoms with Crippen molar-refractivity contribution in [1.29, 1.82) is 0 Å². The summed E-state index contributed by atoms with van der Waals surface area (Å²) in [7, 11) is 1.66. The number of hydrogen-bond donors (Lipinski definition) is 0. The Labute approximate surface area is 113 Å². The molecule has 0 saturated heterocycles. The van der Waals surface area contributed by atoms with Gasteiger partial charge in [-0.1, -0.05) is 6.07 Å². The van der Waals surface area contributed by atoms with Crippen LogP contribution < -0.4 is 5.56 Å². The van der Waals surface area contributed by atoms with Gasteiger partial charge in [-0.15, -0.1) is 11.3 Å². The normalized spacial score (nSPS) is 10.4. The van der Waals surface area contributed by atoms with Crippen LogP contribution in [0.1, 0.15) is 4.88 Å². The molecule has 0 N–H and O–H groups in total. The summed E-state index contributed by atoms with van der Waals surface area (Å²) in [5.74, 6) is -0.769. The van der Waals surface area contributed by atoms with Crippen molar-refractivity contribution >= 4 is 17.2 Å². The number of rotatable bonds is 4. The molecule has 1 amide bonds. The zero-order valence-electron chi connectivity index (χ0n) is 10.4. The van der Waals surface area contributed by atoms with Gasteiger partial charge in [0.1, 0.15) is 12.4 Å². The van der Waals surface area contributed by atoms with Crippen LogP contribution in [0.3, 0.4) is 0 Å². The van der Waals surface area contributed by atoms with Crippen molar-refractivity contribution in [3.05, 3.63) is 56.9 Å². The summed E-state index contributed by atoms with van der Waals surface area (Å²) in [4.78, 5) is 26.0. The highest BCUT2D eigenvalue weighted by Crippen LogP contribution is 2.11. The molecular weight excluding hydrogens is 267 g/mol. The zero-order valence-corrected chi connectivity index (χ0v) is 11.2. The lowest BCUT2D eigenvalue weighted by Gasteiger charge is -2.16. The highest BCUT2D eigenvalue weighted by molar-refractivity contribution is 7.09. The van der Waals surface area contributed by atoms with E-state index in [1.54, 1.807) is 18.4 Å². The van der Waals surface area contributed by atoms with Gasteiger partial charge in [0, 0.05) is 24.2 Å². The molecule has 19 heavy (non-hydrogen) atoms. The molecular formula is C13H13FN2O2S. The number of pyridine rings is 1. The summed E-state index contributed by atoms with van der Waals surface area (Å²) in [6.07, 6.45) is 1.04. The van der Waals surface area contributed by atoms with Gasteiger partial charge in [-0.2, -0.15) is 0 Å². The SMILES string of the molecule is CN(Cc1cccs1)C(=O)Cn1cc(F)ccc1=O. The van der Waals surface area contributed by atoms with E-state index < -0.39 is 5.82 Å². The van der Waals surface area contributed by atoms with E-state index in [-0.39, 0.29) is 18.0 Å². The van der Waals surface area contributed by atoms with E-state index in [0.717, 1.165) is 27.8 Å². The summed E-state index contributed by atoms with van der Waals surface area (Å²) >= 11 is 1.56. The molecule has 6 heteroatoms. The molecule has 0 bridgehead atoms. The average Bonchev–Trinajstić information content (AvgIpc) is 2.86. The summed E-state index contributed by atoms with van der Waals surface area (Å²) < 4.78 is 14.1. The largest absolute Gasteiger partial charge is 0.339 e. The average molecular weight is 280 g/mol. The van der Waals surface area contributed by atoms with E-state index in [4.69, 9.17) is 0 Å². The first-order valence-corrected chi connectivity index (χ1v) is 6.56. The van der Waals surface area contributed by atoms with E-state index in [1.807, 2.05) is 17.5 Å². The van der Waals surface area contributed by atoms with Crippen molar-refractivity contribution in [3.63, 3.8) is 0 Å². The Hall–Kier alpha value is -1.95. The molecule has 4 nitrogen and oxygen atoms in total. The van der Waals surface area contributed by atoms with Gasteiger partial charge < -0.3 is 9.47 Å². The Kier molecular flexibility index (Phi) is 4.11. The minimum atomic E-state index is -0.534. The number of amides is 1. The summed E-state index contributed by atoms with van der Waals surface area (Å²) in [5.41, 5.74) is -0.390. The summed E-state index contributed by atoms with van der Waals surface area (Å²) in [6, 6.07) is 6.04. The fraction of sp³-hybridized carbons (Fsp3) is 0.231. The topological polar surface area (TPSA) is 42.3 Å². The molecule has 0 spiro atoms. The van der Waals surface area contributed by atoms with Gasteiger partial charge in [0.05, 0.1) is 6.54 Å². The fourth-order valence-electron chi connectivity index (χ4n) is 1.62. The highest BCUT2D eigenvalue weighted by Gasteiger charge is 2.11. The third-order valence-corrected chi connectivity index (χ3v) is 3.51. The molecule has 2 rings (SSSR count). The van der Waals surface area contributed by atoms with Crippen molar-refractivity contribution in [3.8, 4) is 0 Å². The maximum absolute atomic E-state index is 13.0.